The molecule has 1 aromatic carbocycles. The third kappa shape index (κ3) is 4.10. The zero-order chi connectivity index (χ0) is 13.7. The van der Waals surface area contributed by atoms with Gasteiger partial charge in [-0.05, 0) is 58.0 Å². The first-order chi connectivity index (χ1) is 9.19. The second-order valence-corrected chi connectivity index (χ2v) is 5.20. The molecule has 1 saturated heterocycles. The normalized spacial score (nSPS) is 17.4. The van der Waals surface area contributed by atoms with Gasteiger partial charge in [-0.15, -0.1) is 0 Å². The molecule has 19 heavy (non-hydrogen) atoms. The lowest BCUT2D eigenvalue weighted by Crippen LogP contribution is -2.33. The summed E-state index contributed by atoms with van der Waals surface area (Å²) in [7, 11) is 2.16. The quantitative estimate of drug-likeness (QED) is 0.886. The molecule has 1 aromatic rings. The fourth-order valence-corrected chi connectivity index (χ4v) is 2.44. The van der Waals surface area contributed by atoms with Crippen molar-refractivity contribution >= 4 is 5.69 Å². The molecular weight excluding hydrogens is 243 g/mol. The molecule has 1 N–H and O–H groups in total. The highest BCUT2D eigenvalue weighted by Gasteiger charge is 2.16. The fraction of sp³-hybridized carbons (Fsp3) is 0.600. The van der Waals surface area contributed by atoms with Gasteiger partial charge in [0.25, 0.3) is 0 Å². The third-order valence-electron chi connectivity index (χ3n) is 3.66. The summed E-state index contributed by atoms with van der Waals surface area (Å²) in [6, 6.07) is 4.68. The van der Waals surface area contributed by atoms with Crippen LogP contribution < -0.4 is 10.1 Å². The number of halogens is 1. The summed E-state index contributed by atoms with van der Waals surface area (Å²) >= 11 is 0. The molecule has 1 aliphatic rings. The van der Waals surface area contributed by atoms with Crippen molar-refractivity contribution in [2.75, 3.05) is 38.6 Å². The van der Waals surface area contributed by atoms with E-state index in [-0.39, 0.29) is 5.82 Å². The van der Waals surface area contributed by atoms with Crippen LogP contribution in [0.2, 0.25) is 0 Å². The Morgan fingerprint density at radius 3 is 2.79 bits per heavy atom. The molecule has 0 aliphatic carbocycles. The Hall–Kier alpha value is -1.29. The van der Waals surface area contributed by atoms with Crippen LogP contribution >= 0.6 is 0 Å². The van der Waals surface area contributed by atoms with Crippen molar-refractivity contribution in [3.8, 4) is 5.75 Å². The highest BCUT2D eigenvalue weighted by molar-refractivity contribution is 5.56. The zero-order valence-corrected chi connectivity index (χ0v) is 11.8. The van der Waals surface area contributed by atoms with E-state index in [1.54, 1.807) is 6.07 Å². The van der Waals surface area contributed by atoms with Gasteiger partial charge in [-0.3, -0.25) is 0 Å². The number of likely N-dealkylation sites (tertiary alicyclic amines) is 1. The second kappa shape index (κ2) is 6.75. The summed E-state index contributed by atoms with van der Waals surface area (Å²) in [6.07, 6.45) is 2.43. The Labute approximate surface area is 114 Å². The van der Waals surface area contributed by atoms with Gasteiger partial charge in [-0.1, -0.05) is 0 Å². The van der Waals surface area contributed by atoms with E-state index in [4.69, 9.17) is 4.74 Å². The Bertz CT molecular complexity index is 403. The largest absolute Gasteiger partial charge is 0.492 e. The molecule has 2 rings (SSSR count). The third-order valence-corrected chi connectivity index (χ3v) is 3.66. The van der Waals surface area contributed by atoms with Crippen LogP contribution in [0.5, 0.6) is 5.75 Å². The van der Waals surface area contributed by atoms with Crippen LogP contribution in [0.4, 0.5) is 10.1 Å². The van der Waals surface area contributed by atoms with Gasteiger partial charge in [0.2, 0.25) is 0 Å². The van der Waals surface area contributed by atoms with Gasteiger partial charge in [-0.25, -0.2) is 4.39 Å². The predicted molar refractivity (Wildman–Crippen MR) is 76.3 cm³/mol. The summed E-state index contributed by atoms with van der Waals surface area (Å²) < 4.78 is 18.7. The van der Waals surface area contributed by atoms with E-state index in [2.05, 4.69) is 17.3 Å². The molecule has 0 unspecified atom stereocenters. The lowest BCUT2D eigenvalue weighted by atomic mass is 9.97. The molecule has 0 saturated carbocycles. The summed E-state index contributed by atoms with van der Waals surface area (Å²) in [5, 5.41) is 3.40. The lowest BCUT2D eigenvalue weighted by molar-refractivity contribution is 0.226. The first-order valence-corrected chi connectivity index (χ1v) is 7.03. The standard InChI is InChI=1S/C15H23FN2O/c1-3-19-15-10-13(16)4-5-14(15)17-11-12-6-8-18(2)9-7-12/h4-5,10,12,17H,3,6-9,11H2,1-2H3. The molecular formula is C15H23FN2O. The van der Waals surface area contributed by atoms with Crippen LogP contribution in [0.1, 0.15) is 19.8 Å². The van der Waals surface area contributed by atoms with E-state index in [1.807, 2.05) is 6.92 Å². The minimum absolute atomic E-state index is 0.256. The van der Waals surface area contributed by atoms with Crippen LogP contribution in [0.3, 0.4) is 0 Å². The van der Waals surface area contributed by atoms with E-state index in [0.29, 0.717) is 18.3 Å². The molecule has 0 spiro atoms. The summed E-state index contributed by atoms with van der Waals surface area (Å²) in [5.74, 6) is 1.04. The molecule has 0 atom stereocenters. The SMILES string of the molecule is CCOc1cc(F)ccc1NCC1CCN(C)CC1. The molecule has 1 fully saturated rings. The maximum atomic E-state index is 13.2. The smallest absolute Gasteiger partial charge is 0.145 e. The highest BCUT2D eigenvalue weighted by Crippen LogP contribution is 2.26. The number of benzene rings is 1. The van der Waals surface area contributed by atoms with Gasteiger partial charge in [-0.2, -0.15) is 0 Å². The van der Waals surface area contributed by atoms with Crippen molar-refractivity contribution in [3.63, 3.8) is 0 Å². The Balaban J connectivity index is 1.91. The first-order valence-electron chi connectivity index (χ1n) is 7.03. The monoisotopic (exact) mass is 266 g/mol. The number of nitrogens with zero attached hydrogens (tertiary/aromatic N) is 1. The first kappa shape index (κ1) is 14.1. The topological polar surface area (TPSA) is 24.5 Å². The highest BCUT2D eigenvalue weighted by atomic mass is 19.1. The van der Waals surface area contributed by atoms with Gasteiger partial charge in [0.05, 0.1) is 12.3 Å². The lowest BCUT2D eigenvalue weighted by Gasteiger charge is -2.29. The number of hydrogen-bond donors (Lipinski definition) is 1. The molecule has 4 heteroatoms. The summed E-state index contributed by atoms with van der Waals surface area (Å²) in [5.41, 5.74) is 0.891. The van der Waals surface area contributed by atoms with Crippen LogP contribution in [0.15, 0.2) is 18.2 Å². The number of rotatable bonds is 5. The second-order valence-electron chi connectivity index (χ2n) is 5.20. The van der Waals surface area contributed by atoms with Gasteiger partial charge < -0.3 is 15.0 Å². The summed E-state index contributed by atoms with van der Waals surface area (Å²) in [6.45, 7) is 5.71. The van der Waals surface area contributed by atoms with Crippen LogP contribution in [0, 0.1) is 11.7 Å². The maximum absolute atomic E-state index is 13.2. The van der Waals surface area contributed by atoms with Gasteiger partial charge >= 0.3 is 0 Å². The minimum Gasteiger partial charge on any atom is -0.492 e. The predicted octanol–water partition coefficient (Wildman–Crippen LogP) is 2.98. The van der Waals surface area contributed by atoms with Gasteiger partial charge in [0.15, 0.2) is 0 Å². The molecule has 106 valence electrons. The Kier molecular flexibility index (Phi) is 5.02. The summed E-state index contributed by atoms with van der Waals surface area (Å²) in [4.78, 5) is 2.36. The molecule has 3 nitrogen and oxygen atoms in total. The van der Waals surface area contributed by atoms with E-state index >= 15 is 0 Å². The van der Waals surface area contributed by atoms with E-state index in [1.165, 1.54) is 25.0 Å². The maximum Gasteiger partial charge on any atom is 0.145 e. The van der Waals surface area contributed by atoms with Gasteiger partial charge in [0.1, 0.15) is 11.6 Å². The number of anilines is 1. The van der Waals surface area contributed by atoms with Crippen LogP contribution in [-0.2, 0) is 0 Å². The fourth-order valence-electron chi connectivity index (χ4n) is 2.44. The van der Waals surface area contributed by atoms with Crippen molar-refractivity contribution in [2.45, 2.75) is 19.8 Å². The van der Waals surface area contributed by atoms with Gasteiger partial charge in [0, 0.05) is 12.6 Å². The Morgan fingerprint density at radius 2 is 2.11 bits per heavy atom. The molecule has 0 aromatic heterocycles. The molecule has 0 bridgehead atoms. The van der Waals surface area contributed by atoms with Crippen molar-refractivity contribution in [1.29, 1.82) is 0 Å². The molecule has 0 amide bonds. The zero-order valence-electron chi connectivity index (χ0n) is 11.8. The van der Waals surface area contributed by atoms with Crippen molar-refractivity contribution in [2.24, 2.45) is 5.92 Å². The van der Waals surface area contributed by atoms with Crippen molar-refractivity contribution < 1.29 is 9.13 Å². The van der Waals surface area contributed by atoms with Crippen molar-refractivity contribution in [3.05, 3.63) is 24.0 Å². The van der Waals surface area contributed by atoms with E-state index in [0.717, 1.165) is 25.3 Å². The number of nitrogens with one attached hydrogen (secondary N) is 1. The number of ether oxygens (including phenoxy) is 1. The minimum atomic E-state index is -0.256. The molecule has 0 radical (unpaired) electrons. The van der Waals surface area contributed by atoms with Crippen LogP contribution in [0.25, 0.3) is 0 Å². The number of piperidine rings is 1. The average Bonchev–Trinajstić information content (AvgIpc) is 2.40. The van der Waals surface area contributed by atoms with E-state index < -0.39 is 0 Å². The average molecular weight is 266 g/mol. The molecule has 1 aliphatic heterocycles. The van der Waals surface area contributed by atoms with Crippen molar-refractivity contribution in [1.82, 2.24) is 4.90 Å². The molecule has 1 heterocycles. The Morgan fingerprint density at radius 1 is 1.37 bits per heavy atom. The number of hydrogen-bond acceptors (Lipinski definition) is 3. The van der Waals surface area contributed by atoms with E-state index in [9.17, 15) is 4.39 Å². The van der Waals surface area contributed by atoms with Crippen LogP contribution in [-0.4, -0.2) is 38.2 Å².